The molecule has 0 amide bonds. The molecule has 0 saturated heterocycles. The van der Waals surface area contributed by atoms with Crippen molar-refractivity contribution >= 4 is 46.4 Å². The molecule has 1 aromatic heterocycles. The summed E-state index contributed by atoms with van der Waals surface area (Å²) in [6, 6.07) is 14.4. The smallest absolute Gasteiger partial charge is 0.338 e. The lowest BCUT2D eigenvalue weighted by molar-refractivity contribution is 0.0603. The molecular weight excluding hydrogens is 470 g/mol. The Kier molecular flexibility index (Phi) is 6.62. The van der Waals surface area contributed by atoms with Crippen LogP contribution in [0.3, 0.4) is 0 Å². The largest absolute Gasteiger partial charge is 0.488 e. The molecule has 0 fully saturated rings. The Labute approximate surface area is 198 Å². The molecule has 0 atom stereocenters. The number of halogens is 3. The minimum absolute atomic E-state index is 0.0242. The van der Waals surface area contributed by atoms with Gasteiger partial charge in [0.05, 0.1) is 24.7 Å². The number of aldehydes is 1. The quantitative estimate of drug-likeness (QED) is 0.247. The van der Waals surface area contributed by atoms with Gasteiger partial charge in [-0.3, -0.25) is 9.48 Å². The molecule has 0 unspecified atom stereocenters. The second kappa shape index (κ2) is 9.60. The van der Waals surface area contributed by atoms with E-state index < -0.39 is 11.8 Å². The summed E-state index contributed by atoms with van der Waals surface area (Å²) in [5, 5.41) is 5.52. The fourth-order valence-corrected chi connectivity index (χ4v) is 3.86. The number of carbonyl (C=O) groups is 2. The van der Waals surface area contributed by atoms with Gasteiger partial charge in [-0.1, -0.05) is 35.3 Å². The second-order valence-corrected chi connectivity index (χ2v) is 8.00. The monoisotopic (exact) mass is 486 g/mol. The van der Waals surface area contributed by atoms with Crippen LogP contribution in [-0.2, 0) is 17.9 Å². The van der Waals surface area contributed by atoms with Gasteiger partial charge in [0.2, 0.25) is 0 Å². The Morgan fingerprint density at radius 3 is 2.58 bits per heavy atom. The molecule has 33 heavy (non-hydrogen) atoms. The van der Waals surface area contributed by atoms with Gasteiger partial charge < -0.3 is 9.47 Å². The zero-order chi connectivity index (χ0) is 23.5. The third kappa shape index (κ3) is 4.69. The fraction of sp³-hybridized carbons (Fsp3) is 0.125. The molecule has 4 aromatic rings. The van der Waals surface area contributed by atoms with E-state index in [0.29, 0.717) is 44.1 Å². The zero-order valence-corrected chi connectivity index (χ0v) is 18.9. The van der Waals surface area contributed by atoms with E-state index in [9.17, 15) is 14.0 Å². The molecule has 0 bridgehead atoms. The molecule has 9 heteroatoms. The number of nitrogens with zero attached hydrogens (tertiary/aromatic N) is 2. The lowest BCUT2D eigenvalue weighted by Crippen LogP contribution is -2.06. The number of ether oxygens (including phenoxy) is 2. The van der Waals surface area contributed by atoms with Crippen molar-refractivity contribution in [1.29, 1.82) is 0 Å². The molecule has 0 radical (unpaired) electrons. The van der Waals surface area contributed by atoms with Crippen molar-refractivity contribution in [3.8, 4) is 5.75 Å². The third-order valence-corrected chi connectivity index (χ3v) is 5.53. The van der Waals surface area contributed by atoms with Crippen LogP contribution in [0, 0.1) is 5.82 Å². The first kappa shape index (κ1) is 22.8. The van der Waals surface area contributed by atoms with Crippen molar-refractivity contribution in [1.82, 2.24) is 9.78 Å². The van der Waals surface area contributed by atoms with Crippen molar-refractivity contribution in [2.45, 2.75) is 13.2 Å². The number of hydrogen-bond acceptors (Lipinski definition) is 5. The van der Waals surface area contributed by atoms with E-state index in [1.54, 1.807) is 53.2 Å². The van der Waals surface area contributed by atoms with Crippen LogP contribution in [0.2, 0.25) is 10.0 Å². The first-order valence-electron chi connectivity index (χ1n) is 9.79. The van der Waals surface area contributed by atoms with Crippen LogP contribution >= 0.6 is 23.2 Å². The predicted molar refractivity (Wildman–Crippen MR) is 123 cm³/mol. The summed E-state index contributed by atoms with van der Waals surface area (Å²) in [7, 11) is 1.27. The Balaban J connectivity index is 1.70. The Bertz CT molecular complexity index is 1370. The summed E-state index contributed by atoms with van der Waals surface area (Å²) in [6.45, 7) is 0.164. The van der Waals surface area contributed by atoms with Gasteiger partial charge in [-0.05, 0) is 42.5 Å². The SMILES string of the molecule is COC(=O)c1cccc2c1c(C=O)nn2Cc1cc(Cl)ccc1OCc1ccc(Cl)cc1F. The van der Waals surface area contributed by atoms with Crippen molar-refractivity contribution in [2.75, 3.05) is 7.11 Å². The second-order valence-electron chi connectivity index (χ2n) is 7.13. The highest BCUT2D eigenvalue weighted by molar-refractivity contribution is 6.30. The number of carbonyl (C=O) groups excluding carboxylic acids is 2. The molecule has 0 N–H and O–H groups in total. The standard InChI is InChI=1S/C24H17Cl2FN2O4/c1-32-24(31)18-3-2-4-21-23(18)20(12-30)28-29(21)11-15-9-16(25)7-8-22(15)33-13-14-5-6-17(26)10-19(14)27/h2-10,12H,11,13H2,1H3. The van der Waals surface area contributed by atoms with Gasteiger partial charge in [0, 0.05) is 26.6 Å². The molecule has 4 rings (SSSR count). The molecule has 0 aliphatic carbocycles. The van der Waals surface area contributed by atoms with Crippen molar-refractivity contribution in [2.24, 2.45) is 0 Å². The molecule has 0 spiro atoms. The highest BCUT2D eigenvalue weighted by Gasteiger charge is 2.19. The number of esters is 1. The topological polar surface area (TPSA) is 70.4 Å². The summed E-state index contributed by atoms with van der Waals surface area (Å²) < 4.78 is 26.4. The van der Waals surface area contributed by atoms with E-state index in [0.717, 1.165) is 0 Å². The van der Waals surface area contributed by atoms with Gasteiger partial charge in [0.1, 0.15) is 23.9 Å². The lowest BCUT2D eigenvalue weighted by atomic mass is 10.1. The van der Waals surface area contributed by atoms with E-state index in [2.05, 4.69) is 5.10 Å². The number of rotatable bonds is 7. The highest BCUT2D eigenvalue weighted by atomic mass is 35.5. The molecule has 168 valence electrons. The van der Waals surface area contributed by atoms with Crippen LogP contribution in [-0.4, -0.2) is 29.1 Å². The molecule has 0 aliphatic heterocycles. The minimum atomic E-state index is -0.569. The number of benzene rings is 3. The average molecular weight is 487 g/mol. The number of fused-ring (bicyclic) bond motifs is 1. The first-order chi connectivity index (χ1) is 15.9. The number of hydrogen-bond donors (Lipinski definition) is 0. The lowest BCUT2D eigenvalue weighted by Gasteiger charge is -2.13. The highest BCUT2D eigenvalue weighted by Crippen LogP contribution is 2.28. The van der Waals surface area contributed by atoms with E-state index in [1.807, 2.05) is 0 Å². The Morgan fingerprint density at radius 2 is 1.85 bits per heavy atom. The van der Waals surface area contributed by atoms with E-state index in [-0.39, 0.29) is 24.4 Å². The van der Waals surface area contributed by atoms with Crippen LogP contribution in [0.5, 0.6) is 5.75 Å². The third-order valence-electron chi connectivity index (χ3n) is 5.06. The maximum absolute atomic E-state index is 14.1. The summed E-state index contributed by atoms with van der Waals surface area (Å²) in [5.74, 6) is -0.573. The van der Waals surface area contributed by atoms with Crippen LogP contribution in [0.4, 0.5) is 4.39 Å². The van der Waals surface area contributed by atoms with Crippen LogP contribution < -0.4 is 4.74 Å². The summed E-state index contributed by atoms with van der Waals surface area (Å²) in [6.07, 6.45) is 0.587. The van der Waals surface area contributed by atoms with Gasteiger partial charge >= 0.3 is 5.97 Å². The molecule has 0 saturated carbocycles. The van der Waals surface area contributed by atoms with Gasteiger partial charge in [-0.25, -0.2) is 9.18 Å². The summed E-state index contributed by atoms with van der Waals surface area (Å²) in [5.41, 5.74) is 1.91. The Morgan fingerprint density at radius 1 is 1.09 bits per heavy atom. The minimum Gasteiger partial charge on any atom is -0.488 e. The first-order valence-corrected chi connectivity index (χ1v) is 10.5. The average Bonchev–Trinajstić information content (AvgIpc) is 3.16. The zero-order valence-electron chi connectivity index (χ0n) is 17.3. The van der Waals surface area contributed by atoms with Gasteiger partial charge in [-0.15, -0.1) is 0 Å². The summed E-state index contributed by atoms with van der Waals surface area (Å²) in [4.78, 5) is 23.8. The maximum atomic E-state index is 14.1. The van der Waals surface area contributed by atoms with Gasteiger partial charge in [-0.2, -0.15) is 5.10 Å². The maximum Gasteiger partial charge on any atom is 0.338 e. The molecular formula is C24H17Cl2FN2O4. The predicted octanol–water partition coefficient (Wildman–Crippen LogP) is 5.71. The van der Waals surface area contributed by atoms with Crippen molar-refractivity contribution < 1.29 is 23.5 Å². The number of methoxy groups -OCH3 is 1. The molecule has 6 nitrogen and oxygen atoms in total. The van der Waals surface area contributed by atoms with E-state index >= 15 is 0 Å². The van der Waals surface area contributed by atoms with Crippen LogP contribution in [0.15, 0.2) is 54.6 Å². The van der Waals surface area contributed by atoms with Gasteiger partial charge in [0.15, 0.2) is 6.29 Å². The number of aromatic nitrogens is 2. The van der Waals surface area contributed by atoms with Crippen LogP contribution in [0.1, 0.15) is 32.0 Å². The van der Waals surface area contributed by atoms with E-state index in [4.69, 9.17) is 32.7 Å². The van der Waals surface area contributed by atoms with E-state index in [1.165, 1.54) is 13.2 Å². The fourth-order valence-electron chi connectivity index (χ4n) is 3.51. The van der Waals surface area contributed by atoms with Crippen LogP contribution in [0.25, 0.3) is 10.9 Å². The van der Waals surface area contributed by atoms with Gasteiger partial charge in [0.25, 0.3) is 0 Å². The summed E-state index contributed by atoms with van der Waals surface area (Å²) >= 11 is 12.0. The molecule has 0 aliphatic rings. The van der Waals surface area contributed by atoms with Crippen molar-refractivity contribution in [3.63, 3.8) is 0 Å². The normalized spacial score (nSPS) is 10.9. The Hall–Kier alpha value is -3.42. The molecule has 3 aromatic carbocycles. The molecule has 1 heterocycles. The van der Waals surface area contributed by atoms with Crippen molar-refractivity contribution in [3.05, 3.63) is 92.8 Å².